The van der Waals surface area contributed by atoms with E-state index in [1.54, 1.807) is 32.9 Å². The van der Waals surface area contributed by atoms with E-state index in [0.717, 1.165) is 0 Å². The number of benzene rings is 1. The summed E-state index contributed by atoms with van der Waals surface area (Å²) < 4.78 is 26.8. The second kappa shape index (κ2) is 5.06. The fraction of sp³-hybridized carbons (Fsp3) is 0.462. The van der Waals surface area contributed by atoms with Crippen LogP contribution in [0.5, 0.6) is 0 Å². The van der Waals surface area contributed by atoms with Gasteiger partial charge in [0.15, 0.2) is 0 Å². The molecule has 0 spiro atoms. The SMILES string of the molecule is Cc1ccc(C)c(S(=O)(=O)N2CCNC(=O)C2C)c1N. The number of amides is 1. The lowest BCUT2D eigenvalue weighted by Gasteiger charge is -2.32. The maximum absolute atomic E-state index is 12.8. The first kappa shape index (κ1) is 14.8. The average molecular weight is 297 g/mol. The Hall–Kier alpha value is -1.60. The van der Waals surface area contributed by atoms with E-state index in [2.05, 4.69) is 5.32 Å². The molecule has 7 heteroatoms. The van der Waals surface area contributed by atoms with Gasteiger partial charge >= 0.3 is 0 Å². The van der Waals surface area contributed by atoms with Crippen LogP contribution in [-0.4, -0.2) is 37.8 Å². The number of nitrogens with zero attached hydrogens (tertiary/aromatic N) is 1. The first-order chi connectivity index (χ1) is 9.26. The van der Waals surface area contributed by atoms with Crippen LogP contribution in [0.2, 0.25) is 0 Å². The van der Waals surface area contributed by atoms with Gasteiger partial charge in [0.1, 0.15) is 10.9 Å². The molecule has 1 heterocycles. The smallest absolute Gasteiger partial charge is 0.246 e. The Labute approximate surface area is 119 Å². The Morgan fingerprint density at radius 2 is 1.90 bits per heavy atom. The zero-order chi connectivity index (χ0) is 15.1. The van der Waals surface area contributed by atoms with Gasteiger partial charge in [-0.15, -0.1) is 0 Å². The number of anilines is 1. The van der Waals surface area contributed by atoms with Gasteiger partial charge in [-0.25, -0.2) is 8.42 Å². The van der Waals surface area contributed by atoms with Crippen molar-refractivity contribution in [3.8, 4) is 0 Å². The summed E-state index contributed by atoms with van der Waals surface area (Å²) in [4.78, 5) is 11.8. The normalized spacial score (nSPS) is 20.8. The number of sulfonamides is 1. The molecule has 0 radical (unpaired) electrons. The van der Waals surface area contributed by atoms with Gasteiger partial charge in [0.05, 0.1) is 5.69 Å². The highest BCUT2D eigenvalue weighted by Crippen LogP contribution is 2.30. The van der Waals surface area contributed by atoms with Crippen LogP contribution in [0, 0.1) is 13.8 Å². The molecule has 20 heavy (non-hydrogen) atoms. The third-order valence-corrected chi connectivity index (χ3v) is 5.79. The van der Waals surface area contributed by atoms with Gasteiger partial charge < -0.3 is 11.1 Å². The Balaban J connectivity index is 2.56. The molecule has 2 rings (SSSR count). The zero-order valence-electron chi connectivity index (χ0n) is 11.8. The van der Waals surface area contributed by atoms with Gasteiger partial charge in [0.25, 0.3) is 0 Å². The van der Waals surface area contributed by atoms with Gasteiger partial charge in [-0.3, -0.25) is 4.79 Å². The lowest BCUT2D eigenvalue weighted by atomic mass is 10.1. The number of carbonyl (C=O) groups excluding carboxylic acids is 1. The van der Waals surface area contributed by atoms with E-state index in [9.17, 15) is 13.2 Å². The largest absolute Gasteiger partial charge is 0.397 e. The van der Waals surface area contributed by atoms with Crippen molar-refractivity contribution in [2.24, 2.45) is 0 Å². The second-order valence-corrected chi connectivity index (χ2v) is 6.85. The molecular formula is C13H19N3O3S. The summed E-state index contributed by atoms with van der Waals surface area (Å²) >= 11 is 0. The maximum Gasteiger partial charge on any atom is 0.246 e. The summed E-state index contributed by atoms with van der Waals surface area (Å²) in [5.74, 6) is -0.288. The molecule has 1 aliphatic heterocycles. The molecule has 6 nitrogen and oxygen atoms in total. The van der Waals surface area contributed by atoms with Crippen LogP contribution >= 0.6 is 0 Å². The number of aryl methyl sites for hydroxylation is 2. The third kappa shape index (κ3) is 2.27. The van der Waals surface area contributed by atoms with E-state index in [4.69, 9.17) is 5.73 Å². The minimum atomic E-state index is -3.78. The Bertz CT molecular complexity index is 655. The number of rotatable bonds is 2. The van der Waals surface area contributed by atoms with E-state index in [0.29, 0.717) is 17.7 Å². The van der Waals surface area contributed by atoms with Crippen LogP contribution in [0.3, 0.4) is 0 Å². The van der Waals surface area contributed by atoms with Gasteiger partial charge in [-0.2, -0.15) is 4.31 Å². The second-order valence-electron chi connectivity index (χ2n) is 5.02. The molecule has 1 aromatic rings. The van der Waals surface area contributed by atoms with Crippen molar-refractivity contribution >= 4 is 21.6 Å². The van der Waals surface area contributed by atoms with Gasteiger partial charge in [-0.1, -0.05) is 12.1 Å². The van der Waals surface area contributed by atoms with Crippen LogP contribution in [0.4, 0.5) is 5.69 Å². The van der Waals surface area contributed by atoms with Crippen molar-refractivity contribution in [3.63, 3.8) is 0 Å². The number of nitrogens with one attached hydrogen (secondary N) is 1. The van der Waals surface area contributed by atoms with E-state index in [1.807, 2.05) is 0 Å². The van der Waals surface area contributed by atoms with Crippen molar-refractivity contribution in [2.75, 3.05) is 18.8 Å². The molecular weight excluding hydrogens is 278 g/mol. The lowest BCUT2D eigenvalue weighted by Crippen LogP contribution is -2.55. The molecule has 3 N–H and O–H groups in total. The number of hydrogen-bond donors (Lipinski definition) is 2. The predicted octanol–water partition coefficient (Wildman–Crippen LogP) is 0.395. The Kier molecular flexibility index (Phi) is 3.75. The fourth-order valence-electron chi connectivity index (χ4n) is 2.36. The number of nitrogens with two attached hydrogens (primary N) is 1. The van der Waals surface area contributed by atoms with Crippen LogP contribution in [0.15, 0.2) is 17.0 Å². The fourth-order valence-corrected chi connectivity index (χ4v) is 4.35. The highest BCUT2D eigenvalue weighted by molar-refractivity contribution is 7.89. The minimum absolute atomic E-state index is 0.110. The summed E-state index contributed by atoms with van der Waals surface area (Å²) in [6.07, 6.45) is 0. The average Bonchev–Trinajstić information content (AvgIpc) is 2.37. The minimum Gasteiger partial charge on any atom is -0.397 e. The van der Waals surface area contributed by atoms with Crippen molar-refractivity contribution in [1.29, 1.82) is 0 Å². The molecule has 1 aromatic carbocycles. The van der Waals surface area contributed by atoms with E-state index >= 15 is 0 Å². The summed E-state index contributed by atoms with van der Waals surface area (Å²) in [5.41, 5.74) is 7.50. The highest BCUT2D eigenvalue weighted by atomic mass is 32.2. The van der Waals surface area contributed by atoms with Crippen LogP contribution in [0.25, 0.3) is 0 Å². The number of hydrogen-bond acceptors (Lipinski definition) is 4. The molecule has 1 aliphatic rings. The van der Waals surface area contributed by atoms with Gasteiger partial charge in [0, 0.05) is 13.1 Å². The van der Waals surface area contributed by atoms with Crippen molar-refractivity contribution in [1.82, 2.24) is 9.62 Å². The lowest BCUT2D eigenvalue weighted by molar-refractivity contribution is -0.126. The van der Waals surface area contributed by atoms with E-state index < -0.39 is 16.1 Å². The van der Waals surface area contributed by atoms with E-state index in [1.165, 1.54) is 4.31 Å². The maximum atomic E-state index is 12.8. The topological polar surface area (TPSA) is 92.5 Å². The summed E-state index contributed by atoms with van der Waals surface area (Å²) in [5, 5.41) is 2.65. The molecule has 1 fully saturated rings. The zero-order valence-corrected chi connectivity index (χ0v) is 12.6. The Morgan fingerprint density at radius 3 is 2.55 bits per heavy atom. The van der Waals surface area contributed by atoms with Gasteiger partial charge in [-0.05, 0) is 31.9 Å². The molecule has 1 saturated heterocycles. The molecule has 1 unspecified atom stereocenters. The summed E-state index contributed by atoms with van der Waals surface area (Å²) in [6.45, 7) is 5.61. The quantitative estimate of drug-likeness (QED) is 0.773. The van der Waals surface area contributed by atoms with E-state index in [-0.39, 0.29) is 23.0 Å². The van der Waals surface area contributed by atoms with Crippen LogP contribution < -0.4 is 11.1 Å². The molecule has 0 aliphatic carbocycles. The molecule has 0 saturated carbocycles. The standard InChI is InChI=1S/C13H19N3O3S/c1-8-4-5-9(2)12(11(8)14)20(18,19)16-7-6-15-13(17)10(16)3/h4-5,10H,6-7,14H2,1-3H3,(H,15,17). The molecule has 1 atom stereocenters. The van der Waals surface area contributed by atoms with Crippen molar-refractivity contribution < 1.29 is 13.2 Å². The Morgan fingerprint density at radius 1 is 1.30 bits per heavy atom. The third-order valence-electron chi connectivity index (χ3n) is 3.62. The molecule has 0 aromatic heterocycles. The molecule has 0 bridgehead atoms. The van der Waals surface area contributed by atoms with Gasteiger partial charge in [0.2, 0.25) is 15.9 Å². The number of piperazine rings is 1. The van der Waals surface area contributed by atoms with Crippen LogP contribution in [0.1, 0.15) is 18.1 Å². The predicted molar refractivity (Wildman–Crippen MR) is 76.7 cm³/mol. The van der Waals surface area contributed by atoms with Crippen molar-refractivity contribution in [2.45, 2.75) is 31.7 Å². The summed E-state index contributed by atoms with van der Waals surface area (Å²) in [7, 11) is -3.78. The van der Waals surface area contributed by atoms with Crippen LogP contribution in [-0.2, 0) is 14.8 Å². The first-order valence-electron chi connectivity index (χ1n) is 6.42. The first-order valence-corrected chi connectivity index (χ1v) is 7.86. The molecule has 110 valence electrons. The number of carbonyl (C=O) groups is 1. The number of nitrogen functional groups attached to an aromatic ring is 1. The highest BCUT2D eigenvalue weighted by Gasteiger charge is 2.37. The molecule has 1 amide bonds. The monoisotopic (exact) mass is 297 g/mol. The van der Waals surface area contributed by atoms with Crippen molar-refractivity contribution in [3.05, 3.63) is 23.3 Å². The summed E-state index contributed by atoms with van der Waals surface area (Å²) in [6, 6.07) is 2.79.